The minimum absolute atomic E-state index is 0.0702. The van der Waals surface area contributed by atoms with E-state index < -0.39 is 15.6 Å². The Balaban J connectivity index is 0.000000620. The second-order valence-corrected chi connectivity index (χ2v) is 13.6. The van der Waals surface area contributed by atoms with Crippen LogP contribution in [-0.4, -0.2) is 38.9 Å². The number of hydrogen-bond donors (Lipinski definition) is 0. The molecule has 0 aliphatic carbocycles. The van der Waals surface area contributed by atoms with Crippen molar-refractivity contribution in [3.8, 4) is 0 Å². The summed E-state index contributed by atoms with van der Waals surface area (Å²) in [6.07, 6.45) is 20.2. The molecule has 1 heterocycles. The van der Waals surface area contributed by atoms with Gasteiger partial charge in [0.2, 0.25) is 0 Å². The Labute approximate surface area is 213 Å². The summed E-state index contributed by atoms with van der Waals surface area (Å²) in [5.41, 5.74) is -4.13. The molecule has 0 spiro atoms. The van der Waals surface area contributed by atoms with Crippen molar-refractivity contribution < 1.29 is 30.7 Å². The number of rotatable bonds is 15. The molecular formula is C25H40F3NO3STe. The van der Waals surface area contributed by atoms with Gasteiger partial charge in [-0.2, -0.15) is 13.2 Å². The standard InChI is InChI=1S/C24H40NTe.CHF3O3S/c1-3-4-5-6-7-8-9-10-11-12-13-14-15-18-21-25-22(2)26-24-20-17-16-19-23(24)25;2-1(3,4)8(5,6)7/h16-17,19-20H,3-15,18,21H2,1-2H3;(H,5,6,7)/q+1;/p-1. The van der Waals surface area contributed by atoms with Crippen LogP contribution in [0.25, 0.3) is 8.92 Å². The SMILES string of the molecule is CCCCCCCCCCCCCCCC[n+]1c(C)[te]c2ccccc21.O=S(=O)([O-])C(F)(F)F. The zero-order valence-electron chi connectivity index (χ0n) is 20.5. The Hall–Kier alpha value is -0.620. The third-order valence-electron chi connectivity index (χ3n) is 5.81. The molecule has 0 aliphatic rings. The van der Waals surface area contributed by atoms with Crippen LogP contribution >= 0.6 is 0 Å². The number of aromatic nitrogens is 1. The Morgan fingerprint density at radius 3 is 1.68 bits per heavy atom. The average Bonchev–Trinajstić information content (AvgIpc) is 3.08. The van der Waals surface area contributed by atoms with Crippen molar-refractivity contribution >= 4 is 39.5 Å². The van der Waals surface area contributed by atoms with E-state index in [-0.39, 0.29) is 20.4 Å². The van der Waals surface area contributed by atoms with E-state index >= 15 is 0 Å². The summed E-state index contributed by atoms with van der Waals surface area (Å²) in [4.78, 5) is 0. The summed E-state index contributed by atoms with van der Waals surface area (Å²) in [7, 11) is -6.09. The summed E-state index contributed by atoms with van der Waals surface area (Å²) in [6.45, 7) is 5.89. The van der Waals surface area contributed by atoms with Gasteiger partial charge in [0.1, 0.15) is 0 Å². The quantitative estimate of drug-likeness (QED) is 0.0708. The first-order valence-electron chi connectivity index (χ1n) is 12.5. The largest absolute Gasteiger partial charge is 0.741 e. The van der Waals surface area contributed by atoms with Gasteiger partial charge in [0.15, 0.2) is 10.1 Å². The molecule has 4 nitrogen and oxygen atoms in total. The summed E-state index contributed by atoms with van der Waals surface area (Å²) in [5.74, 6) is 0. The maximum atomic E-state index is 10.7. The summed E-state index contributed by atoms with van der Waals surface area (Å²) in [5, 5.41) is 0. The molecule has 0 bridgehead atoms. The van der Waals surface area contributed by atoms with Crippen molar-refractivity contribution in [2.75, 3.05) is 0 Å². The van der Waals surface area contributed by atoms with E-state index in [2.05, 4.69) is 42.7 Å². The molecule has 0 amide bonds. The summed E-state index contributed by atoms with van der Waals surface area (Å²) in [6, 6.07) is 9.06. The topological polar surface area (TPSA) is 61.1 Å². The number of nitrogens with zero attached hydrogens (tertiary/aromatic N) is 1. The molecule has 0 unspecified atom stereocenters. The number of hydrogen-bond acceptors (Lipinski definition) is 3. The van der Waals surface area contributed by atoms with Gasteiger partial charge in [-0.3, -0.25) is 0 Å². The first-order chi connectivity index (χ1) is 16.1. The van der Waals surface area contributed by atoms with Crippen LogP contribution < -0.4 is 4.57 Å². The van der Waals surface area contributed by atoms with Crippen LogP contribution in [0.2, 0.25) is 0 Å². The molecule has 0 aliphatic heterocycles. The number of halogens is 3. The minimum Gasteiger partial charge on any atom is -0.741 e. The predicted octanol–water partition coefficient (Wildman–Crippen LogP) is 7.03. The molecule has 0 saturated heterocycles. The molecule has 0 fully saturated rings. The van der Waals surface area contributed by atoms with E-state index in [1.54, 1.807) is 7.11 Å². The molecule has 2 rings (SSSR count). The Kier molecular flexibility index (Phi) is 15.7. The van der Waals surface area contributed by atoms with E-state index in [1.807, 2.05) is 0 Å². The molecular weight excluding hydrogens is 579 g/mol. The molecule has 1 aromatic heterocycles. The van der Waals surface area contributed by atoms with E-state index in [4.69, 9.17) is 13.0 Å². The van der Waals surface area contributed by atoms with Gasteiger partial charge >= 0.3 is 139 Å². The number of benzene rings is 1. The van der Waals surface area contributed by atoms with E-state index in [0.29, 0.717) is 0 Å². The predicted molar refractivity (Wildman–Crippen MR) is 132 cm³/mol. The fraction of sp³-hybridized carbons (Fsp3) is 0.720. The van der Waals surface area contributed by atoms with Crippen LogP contribution in [0.15, 0.2) is 24.3 Å². The van der Waals surface area contributed by atoms with Gasteiger partial charge in [0.05, 0.1) is 0 Å². The van der Waals surface area contributed by atoms with Gasteiger partial charge in [-0.05, 0) is 0 Å². The number of fused-ring (bicyclic) bond motifs is 1. The molecule has 0 saturated carbocycles. The zero-order valence-corrected chi connectivity index (χ0v) is 23.7. The monoisotopic (exact) mass is 621 g/mol. The number of para-hydroxylation sites is 1. The van der Waals surface area contributed by atoms with Crippen LogP contribution in [0.4, 0.5) is 13.2 Å². The number of aryl methyl sites for hydroxylation is 2. The van der Waals surface area contributed by atoms with E-state index in [9.17, 15) is 13.2 Å². The molecule has 2 aromatic rings. The van der Waals surface area contributed by atoms with Gasteiger partial charge in [-0.1, -0.05) is 39.0 Å². The van der Waals surface area contributed by atoms with Crippen molar-refractivity contribution in [3.63, 3.8) is 0 Å². The van der Waals surface area contributed by atoms with Crippen molar-refractivity contribution in [3.05, 3.63) is 28.0 Å². The first-order valence-corrected chi connectivity index (χ1v) is 16.2. The zero-order chi connectivity index (χ0) is 25.5. The fourth-order valence-corrected chi connectivity index (χ4v) is 6.88. The van der Waals surface area contributed by atoms with E-state index in [1.165, 1.54) is 102 Å². The van der Waals surface area contributed by atoms with Crippen LogP contribution in [0, 0.1) is 6.92 Å². The first kappa shape index (κ1) is 31.4. The second kappa shape index (κ2) is 16.9. The molecule has 0 atom stereocenters. The number of alkyl halides is 3. The molecule has 34 heavy (non-hydrogen) atoms. The van der Waals surface area contributed by atoms with Crippen LogP contribution in [0.1, 0.15) is 101 Å². The van der Waals surface area contributed by atoms with Gasteiger partial charge in [-0.25, -0.2) is 8.42 Å². The van der Waals surface area contributed by atoms with E-state index in [0.717, 1.165) is 0 Å². The maximum absolute atomic E-state index is 10.7. The normalized spacial score (nSPS) is 12.1. The smallest absolute Gasteiger partial charge is 0.485 e. The Morgan fingerprint density at radius 2 is 1.24 bits per heavy atom. The van der Waals surface area contributed by atoms with Crippen LogP contribution in [0.3, 0.4) is 0 Å². The third-order valence-corrected chi connectivity index (χ3v) is 9.46. The van der Waals surface area contributed by atoms with Gasteiger partial charge in [-0.15, -0.1) is 0 Å². The fourth-order valence-electron chi connectivity index (χ4n) is 3.89. The summed E-state index contributed by atoms with van der Waals surface area (Å²) < 4.78 is 64.8. The molecule has 0 N–H and O–H groups in total. The molecule has 9 heteroatoms. The Bertz CT molecular complexity index is 914. The molecule has 196 valence electrons. The van der Waals surface area contributed by atoms with Gasteiger partial charge in [0, 0.05) is 0 Å². The van der Waals surface area contributed by atoms with Crippen molar-refractivity contribution in [1.82, 2.24) is 0 Å². The van der Waals surface area contributed by atoms with Gasteiger partial charge in [0.25, 0.3) is 0 Å². The van der Waals surface area contributed by atoms with Crippen LogP contribution in [0.5, 0.6) is 0 Å². The molecule has 0 radical (unpaired) electrons. The van der Waals surface area contributed by atoms with Crippen molar-refractivity contribution in [2.24, 2.45) is 0 Å². The van der Waals surface area contributed by atoms with Crippen molar-refractivity contribution in [2.45, 2.75) is 116 Å². The third kappa shape index (κ3) is 12.9. The maximum Gasteiger partial charge on any atom is 0.485 e. The average molecular weight is 619 g/mol. The van der Waals surface area contributed by atoms with Crippen LogP contribution in [-0.2, 0) is 16.7 Å². The summed E-state index contributed by atoms with van der Waals surface area (Å²) >= 11 is -0.0702. The Morgan fingerprint density at radius 1 is 0.824 bits per heavy atom. The van der Waals surface area contributed by atoms with Crippen molar-refractivity contribution in [1.29, 1.82) is 0 Å². The number of unbranched alkanes of at least 4 members (excludes halogenated alkanes) is 13. The van der Waals surface area contributed by atoms with Gasteiger partial charge < -0.3 is 4.55 Å². The second-order valence-electron chi connectivity index (χ2n) is 8.74. The molecule has 1 aromatic carbocycles. The minimum atomic E-state index is -6.09.